The van der Waals surface area contributed by atoms with Crippen LogP contribution in [-0.2, 0) is 6.42 Å². The fourth-order valence-corrected chi connectivity index (χ4v) is 3.17. The van der Waals surface area contributed by atoms with E-state index in [9.17, 15) is 0 Å². The van der Waals surface area contributed by atoms with Gasteiger partial charge in [-0.25, -0.2) is 0 Å². The number of aromatic nitrogens is 1. The van der Waals surface area contributed by atoms with Crippen molar-refractivity contribution in [1.29, 1.82) is 0 Å². The van der Waals surface area contributed by atoms with Crippen LogP contribution in [0, 0.1) is 11.8 Å². The van der Waals surface area contributed by atoms with Crippen LogP contribution in [0.3, 0.4) is 0 Å². The van der Waals surface area contributed by atoms with Crippen molar-refractivity contribution in [1.82, 2.24) is 10.4 Å². The number of rotatable bonds is 5. The van der Waals surface area contributed by atoms with E-state index in [1.165, 1.54) is 31.2 Å². The number of hydrogen-bond acceptors (Lipinski definition) is 3. The molecular formula is C15H25N3. The third-order valence-corrected chi connectivity index (χ3v) is 4.23. The van der Waals surface area contributed by atoms with Crippen LogP contribution in [0.5, 0.6) is 0 Å². The zero-order valence-electron chi connectivity index (χ0n) is 11.3. The molecular weight excluding hydrogens is 222 g/mol. The van der Waals surface area contributed by atoms with Gasteiger partial charge in [0.1, 0.15) is 0 Å². The fourth-order valence-electron chi connectivity index (χ4n) is 3.17. The van der Waals surface area contributed by atoms with Crippen LogP contribution in [0.4, 0.5) is 0 Å². The van der Waals surface area contributed by atoms with E-state index in [4.69, 9.17) is 5.84 Å². The summed E-state index contributed by atoms with van der Waals surface area (Å²) in [5, 5.41) is 0. The maximum atomic E-state index is 5.75. The van der Waals surface area contributed by atoms with E-state index in [1.807, 2.05) is 18.5 Å². The summed E-state index contributed by atoms with van der Waals surface area (Å²) in [6.07, 6.45) is 11.3. The van der Waals surface area contributed by atoms with Crippen molar-refractivity contribution >= 4 is 0 Å². The van der Waals surface area contributed by atoms with Gasteiger partial charge in [0.25, 0.3) is 0 Å². The highest BCUT2D eigenvalue weighted by Crippen LogP contribution is 2.31. The summed E-state index contributed by atoms with van der Waals surface area (Å²) < 4.78 is 0. The Kier molecular flexibility index (Phi) is 5.14. The van der Waals surface area contributed by atoms with Crippen molar-refractivity contribution in [2.24, 2.45) is 17.7 Å². The molecule has 0 radical (unpaired) electrons. The maximum Gasteiger partial charge on any atom is 0.0299 e. The van der Waals surface area contributed by atoms with Gasteiger partial charge in [-0.3, -0.25) is 16.3 Å². The molecule has 0 aromatic carbocycles. The largest absolute Gasteiger partial charge is 0.271 e. The lowest BCUT2D eigenvalue weighted by molar-refractivity contribution is 0.216. The van der Waals surface area contributed by atoms with Crippen molar-refractivity contribution in [2.45, 2.75) is 51.5 Å². The van der Waals surface area contributed by atoms with Gasteiger partial charge in [0.05, 0.1) is 0 Å². The zero-order chi connectivity index (χ0) is 12.8. The summed E-state index contributed by atoms with van der Waals surface area (Å²) >= 11 is 0. The van der Waals surface area contributed by atoms with E-state index >= 15 is 0 Å². The predicted octanol–water partition coefficient (Wildman–Crippen LogP) is 2.67. The Bertz CT molecular complexity index is 339. The van der Waals surface area contributed by atoms with E-state index in [1.54, 1.807) is 0 Å². The maximum absolute atomic E-state index is 5.75. The smallest absolute Gasteiger partial charge is 0.0299 e. The van der Waals surface area contributed by atoms with Crippen LogP contribution in [0.15, 0.2) is 24.5 Å². The van der Waals surface area contributed by atoms with E-state index in [0.29, 0.717) is 6.04 Å². The molecule has 3 nitrogen and oxygen atoms in total. The lowest BCUT2D eigenvalue weighted by atomic mass is 9.77. The molecule has 18 heavy (non-hydrogen) atoms. The Labute approximate surface area is 110 Å². The molecule has 1 aliphatic carbocycles. The summed E-state index contributed by atoms with van der Waals surface area (Å²) in [4.78, 5) is 4.16. The molecule has 1 fully saturated rings. The van der Waals surface area contributed by atoms with Gasteiger partial charge in [-0.1, -0.05) is 25.8 Å². The van der Waals surface area contributed by atoms with E-state index in [0.717, 1.165) is 24.7 Å². The lowest BCUT2D eigenvalue weighted by Gasteiger charge is -2.33. The second-order valence-corrected chi connectivity index (χ2v) is 5.70. The van der Waals surface area contributed by atoms with Gasteiger partial charge < -0.3 is 0 Å². The molecule has 2 rings (SSSR count). The fraction of sp³-hybridized carbons (Fsp3) is 0.667. The summed E-state index contributed by atoms with van der Waals surface area (Å²) in [6.45, 7) is 2.36. The SMILES string of the molecule is CC1CCCC(C(CCc2cccnc2)NN)C1. The minimum absolute atomic E-state index is 0.452. The van der Waals surface area contributed by atoms with Crippen LogP contribution < -0.4 is 11.3 Å². The summed E-state index contributed by atoms with van der Waals surface area (Å²) in [6, 6.07) is 4.60. The second kappa shape index (κ2) is 6.86. The number of nitrogens with two attached hydrogens (primary N) is 1. The molecule has 0 amide bonds. The molecule has 3 heteroatoms. The standard InChI is InChI=1S/C15H25N3/c1-12-4-2-6-14(10-12)15(18-16)8-7-13-5-3-9-17-11-13/h3,5,9,11-12,14-15,18H,2,4,6-8,10,16H2,1H3. The molecule has 3 unspecified atom stereocenters. The zero-order valence-corrected chi connectivity index (χ0v) is 11.3. The molecule has 1 aromatic heterocycles. The number of aryl methyl sites for hydroxylation is 1. The first-order chi connectivity index (χ1) is 8.79. The summed E-state index contributed by atoms with van der Waals surface area (Å²) in [7, 11) is 0. The van der Waals surface area contributed by atoms with Gasteiger partial charge in [-0.15, -0.1) is 0 Å². The molecule has 1 aliphatic rings. The molecule has 1 saturated carbocycles. The predicted molar refractivity (Wildman–Crippen MR) is 74.8 cm³/mol. The van der Waals surface area contributed by atoms with E-state index in [2.05, 4.69) is 23.4 Å². The van der Waals surface area contributed by atoms with Gasteiger partial charge in [-0.05, 0) is 49.1 Å². The first kappa shape index (κ1) is 13.5. The third kappa shape index (κ3) is 3.79. The average molecular weight is 247 g/mol. The molecule has 0 saturated heterocycles. The van der Waals surface area contributed by atoms with Gasteiger partial charge >= 0.3 is 0 Å². The molecule has 100 valence electrons. The second-order valence-electron chi connectivity index (χ2n) is 5.70. The first-order valence-corrected chi connectivity index (χ1v) is 7.14. The molecule has 0 aliphatic heterocycles. The van der Waals surface area contributed by atoms with E-state index in [-0.39, 0.29) is 0 Å². The third-order valence-electron chi connectivity index (χ3n) is 4.23. The van der Waals surface area contributed by atoms with Crippen molar-refractivity contribution in [3.05, 3.63) is 30.1 Å². The minimum atomic E-state index is 0.452. The topological polar surface area (TPSA) is 50.9 Å². The number of nitrogens with one attached hydrogen (secondary N) is 1. The highest BCUT2D eigenvalue weighted by molar-refractivity contribution is 5.08. The van der Waals surface area contributed by atoms with Crippen molar-refractivity contribution in [3.8, 4) is 0 Å². The number of pyridine rings is 1. The lowest BCUT2D eigenvalue weighted by Crippen LogP contribution is -2.42. The summed E-state index contributed by atoms with van der Waals surface area (Å²) in [5.74, 6) is 7.35. The van der Waals surface area contributed by atoms with Crippen LogP contribution in [0.25, 0.3) is 0 Å². The minimum Gasteiger partial charge on any atom is -0.271 e. The van der Waals surface area contributed by atoms with Crippen molar-refractivity contribution in [3.63, 3.8) is 0 Å². The van der Waals surface area contributed by atoms with Crippen LogP contribution in [-0.4, -0.2) is 11.0 Å². The van der Waals surface area contributed by atoms with Gasteiger partial charge in [0.2, 0.25) is 0 Å². The molecule has 0 spiro atoms. The van der Waals surface area contributed by atoms with Gasteiger partial charge in [-0.2, -0.15) is 0 Å². The first-order valence-electron chi connectivity index (χ1n) is 7.14. The Hall–Kier alpha value is -0.930. The normalized spacial score (nSPS) is 25.9. The number of hydrazine groups is 1. The highest BCUT2D eigenvalue weighted by Gasteiger charge is 2.25. The quantitative estimate of drug-likeness (QED) is 0.621. The summed E-state index contributed by atoms with van der Waals surface area (Å²) in [5.41, 5.74) is 4.35. The Morgan fingerprint density at radius 2 is 2.39 bits per heavy atom. The number of nitrogens with zero attached hydrogens (tertiary/aromatic N) is 1. The average Bonchev–Trinajstić information content (AvgIpc) is 2.41. The Morgan fingerprint density at radius 1 is 1.50 bits per heavy atom. The molecule has 0 bridgehead atoms. The Balaban J connectivity index is 1.85. The number of hydrogen-bond donors (Lipinski definition) is 2. The highest BCUT2D eigenvalue weighted by atomic mass is 15.2. The molecule has 1 aromatic rings. The Morgan fingerprint density at radius 3 is 3.06 bits per heavy atom. The van der Waals surface area contributed by atoms with Gasteiger partial charge in [0.15, 0.2) is 0 Å². The molecule has 3 N–H and O–H groups in total. The molecule has 1 heterocycles. The molecule has 3 atom stereocenters. The van der Waals surface area contributed by atoms with Crippen molar-refractivity contribution < 1.29 is 0 Å². The van der Waals surface area contributed by atoms with Crippen LogP contribution >= 0.6 is 0 Å². The van der Waals surface area contributed by atoms with Gasteiger partial charge in [0, 0.05) is 18.4 Å². The van der Waals surface area contributed by atoms with E-state index < -0.39 is 0 Å². The van der Waals surface area contributed by atoms with Crippen molar-refractivity contribution in [2.75, 3.05) is 0 Å². The van der Waals surface area contributed by atoms with Crippen LogP contribution in [0.2, 0.25) is 0 Å². The monoisotopic (exact) mass is 247 g/mol. The van der Waals surface area contributed by atoms with Crippen LogP contribution in [0.1, 0.15) is 44.6 Å².